The molecule has 3 aromatic rings. The van der Waals surface area contributed by atoms with Gasteiger partial charge in [0.25, 0.3) is 0 Å². The summed E-state index contributed by atoms with van der Waals surface area (Å²) in [7, 11) is 0. The minimum atomic E-state index is -1.26. The average Bonchev–Trinajstić information content (AvgIpc) is 3.23. The first-order valence-corrected chi connectivity index (χ1v) is 9.54. The van der Waals surface area contributed by atoms with E-state index in [4.69, 9.17) is 9.47 Å². The first kappa shape index (κ1) is 20.4. The molecule has 7 heteroatoms. The second-order valence-corrected chi connectivity index (χ2v) is 7.22. The van der Waals surface area contributed by atoms with E-state index in [1.54, 1.807) is 18.5 Å². The topological polar surface area (TPSA) is 97.3 Å². The molecule has 0 saturated carbocycles. The first-order chi connectivity index (χ1) is 13.9. The molecule has 0 bridgehead atoms. The Hall–Kier alpha value is -3.35. The van der Waals surface area contributed by atoms with Gasteiger partial charge in [0.05, 0.1) is 24.2 Å². The molecule has 3 rings (SSSR count). The van der Waals surface area contributed by atoms with Crippen LogP contribution >= 0.6 is 0 Å². The summed E-state index contributed by atoms with van der Waals surface area (Å²) < 4.78 is 11.3. The summed E-state index contributed by atoms with van der Waals surface area (Å²) in [4.78, 5) is 15.6. The summed E-state index contributed by atoms with van der Waals surface area (Å²) in [6, 6.07) is 13.2. The largest absolute Gasteiger partial charge is 0.492 e. The summed E-state index contributed by atoms with van der Waals surface area (Å²) in [6.07, 6.45) is 6.11. The Bertz CT molecular complexity index is 921. The second-order valence-electron chi connectivity index (χ2n) is 7.22. The van der Waals surface area contributed by atoms with E-state index in [-0.39, 0.29) is 0 Å². The summed E-state index contributed by atoms with van der Waals surface area (Å²) in [5, 5.41) is 16.0. The van der Waals surface area contributed by atoms with Crippen molar-refractivity contribution in [2.24, 2.45) is 0 Å². The number of hydrogen-bond acceptors (Lipinski definition) is 5. The molecule has 0 fully saturated rings. The third-order valence-corrected chi connectivity index (χ3v) is 4.43. The van der Waals surface area contributed by atoms with Gasteiger partial charge < -0.3 is 14.6 Å². The van der Waals surface area contributed by atoms with Crippen LogP contribution in [-0.2, 0) is 11.2 Å². The third kappa shape index (κ3) is 5.81. The number of carboxylic acid groups (broad SMARTS) is 1. The molecule has 29 heavy (non-hydrogen) atoms. The zero-order valence-corrected chi connectivity index (χ0v) is 16.6. The van der Waals surface area contributed by atoms with Gasteiger partial charge in [-0.2, -0.15) is 5.10 Å². The Labute approximate surface area is 169 Å². The van der Waals surface area contributed by atoms with Crippen molar-refractivity contribution in [2.45, 2.75) is 38.7 Å². The van der Waals surface area contributed by atoms with Gasteiger partial charge in [0, 0.05) is 6.20 Å². The number of aryl methyl sites for hydroxylation is 1. The van der Waals surface area contributed by atoms with Crippen LogP contribution in [0, 0.1) is 0 Å². The number of nitrogens with zero attached hydrogens (tertiary/aromatic N) is 2. The fourth-order valence-electron chi connectivity index (χ4n) is 2.75. The van der Waals surface area contributed by atoms with Gasteiger partial charge in [-0.05, 0) is 69.0 Å². The predicted octanol–water partition coefficient (Wildman–Crippen LogP) is 4.12. The Morgan fingerprint density at radius 1 is 1.14 bits per heavy atom. The molecule has 1 aromatic carbocycles. The Morgan fingerprint density at radius 3 is 2.69 bits per heavy atom. The molecule has 152 valence electrons. The molecule has 0 amide bonds. The van der Waals surface area contributed by atoms with Crippen LogP contribution in [0.25, 0.3) is 11.4 Å². The van der Waals surface area contributed by atoms with Gasteiger partial charge in [-0.25, -0.2) is 4.79 Å². The van der Waals surface area contributed by atoms with E-state index < -0.39 is 11.6 Å². The molecule has 0 aliphatic rings. The molecule has 2 aromatic heterocycles. The van der Waals surface area contributed by atoms with Crippen molar-refractivity contribution in [3.63, 3.8) is 0 Å². The van der Waals surface area contributed by atoms with Crippen molar-refractivity contribution < 1.29 is 19.4 Å². The predicted molar refractivity (Wildman–Crippen MR) is 109 cm³/mol. The molecule has 0 aliphatic carbocycles. The number of nitrogens with one attached hydrogen (secondary N) is 1. The average molecular weight is 395 g/mol. The molecule has 7 nitrogen and oxygen atoms in total. The molecule has 0 spiro atoms. The minimum Gasteiger partial charge on any atom is -0.492 e. The smallest absolute Gasteiger partial charge is 0.347 e. The van der Waals surface area contributed by atoms with Gasteiger partial charge in [0.2, 0.25) is 0 Å². The first-order valence-electron chi connectivity index (χ1n) is 9.54. The normalized spacial score (nSPS) is 11.2. The number of carboxylic acids is 1. The number of carbonyl (C=O) groups is 1. The highest BCUT2D eigenvalue weighted by Gasteiger charge is 2.29. The lowest BCUT2D eigenvalue weighted by molar-refractivity contribution is -0.152. The number of ether oxygens (including phenoxy) is 2. The van der Waals surface area contributed by atoms with Crippen LogP contribution in [0.1, 0.15) is 32.3 Å². The second kappa shape index (κ2) is 9.23. The molecular weight excluding hydrogens is 370 g/mol. The van der Waals surface area contributed by atoms with E-state index in [1.165, 1.54) is 13.8 Å². The van der Waals surface area contributed by atoms with Crippen molar-refractivity contribution in [3.8, 4) is 22.9 Å². The van der Waals surface area contributed by atoms with E-state index in [1.807, 2.05) is 36.4 Å². The number of rotatable bonds is 10. The maximum absolute atomic E-state index is 11.2. The minimum absolute atomic E-state index is 0.564. The van der Waals surface area contributed by atoms with Crippen LogP contribution in [0.2, 0.25) is 0 Å². The summed E-state index contributed by atoms with van der Waals surface area (Å²) >= 11 is 0. The van der Waals surface area contributed by atoms with E-state index in [0.717, 1.165) is 42.0 Å². The number of benzene rings is 1. The molecule has 2 heterocycles. The Morgan fingerprint density at radius 2 is 2.00 bits per heavy atom. The molecule has 2 N–H and O–H groups in total. The number of aromatic nitrogens is 3. The Kier molecular flexibility index (Phi) is 6.49. The standard InChI is InChI=1S/C22H25N3O4/c1-22(2,21(26)27)29-17-8-5-7-16(14-17)6-3-4-13-28-18-9-10-19(23-15-18)20-11-12-24-25-20/h5,7-12,14-15H,3-4,6,13H2,1-2H3,(H,24,25)(H,26,27). The van der Waals surface area contributed by atoms with E-state index in [2.05, 4.69) is 15.2 Å². The van der Waals surface area contributed by atoms with Crippen LogP contribution in [0.3, 0.4) is 0 Å². The fraction of sp³-hybridized carbons (Fsp3) is 0.318. The van der Waals surface area contributed by atoms with Crippen LogP contribution in [0.5, 0.6) is 11.5 Å². The molecule has 0 atom stereocenters. The maximum Gasteiger partial charge on any atom is 0.347 e. The number of unbranched alkanes of at least 4 members (excludes halogenated alkanes) is 1. The van der Waals surface area contributed by atoms with Crippen LogP contribution in [-0.4, -0.2) is 38.5 Å². The van der Waals surface area contributed by atoms with Gasteiger partial charge in [-0.15, -0.1) is 0 Å². The van der Waals surface area contributed by atoms with Crippen molar-refractivity contribution in [1.82, 2.24) is 15.2 Å². The maximum atomic E-state index is 11.2. The van der Waals surface area contributed by atoms with Gasteiger partial charge in [0.15, 0.2) is 5.60 Å². The number of aliphatic carboxylic acids is 1. The van der Waals surface area contributed by atoms with Gasteiger partial charge >= 0.3 is 5.97 Å². The van der Waals surface area contributed by atoms with E-state index in [9.17, 15) is 9.90 Å². The number of H-pyrrole nitrogens is 1. The lowest BCUT2D eigenvalue weighted by Gasteiger charge is -2.21. The quantitative estimate of drug-likeness (QED) is 0.501. The SMILES string of the molecule is CC(C)(Oc1cccc(CCCCOc2ccc(-c3ccn[nH]3)nc2)c1)C(=O)O. The molecule has 0 aliphatic heterocycles. The van der Waals surface area contributed by atoms with Crippen molar-refractivity contribution in [3.05, 3.63) is 60.4 Å². The Balaban J connectivity index is 1.41. The number of aromatic amines is 1. The zero-order chi connectivity index (χ0) is 20.7. The van der Waals surface area contributed by atoms with Gasteiger partial charge in [0.1, 0.15) is 11.5 Å². The zero-order valence-electron chi connectivity index (χ0n) is 16.6. The van der Waals surface area contributed by atoms with Crippen LogP contribution in [0.15, 0.2) is 54.9 Å². The van der Waals surface area contributed by atoms with E-state index >= 15 is 0 Å². The lowest BCUT2D eigenvalue weighted by Crippen LogP contribution is -2.37. The number of pyridine rings is 1. The van der Waals surface area contributed by atoms with Crippen molar-refractivity contribution in [2.75, 3.05) is 6.61 Å². The molecule has 0 saturated heterocycles. The van der Waals surface area contributed by atoms with Gasteiger partial charge in [-0.1, -0.05) is 12.1 Å². The van der Waals surface area contributed by atoms with Crippen LogP contribution < -0.4 is 9.47 Å². The molecule has 0 radical (unpaired) electrons. The highest BCUT2D eigenvalue weighted by molar-refractivity contribution is 5.76. The van der Waals surface area contributed by atoms with E-state index in [0.29, 0.717) is 12.4 Å². The lowest BCUT2D eigenvalue weighted by atomic mass is 10.1. The molecular formula is C22H25N3O4. The van der Waals surface area contributed by atoms with Crippen molar-refractivity contribution in [1.29, 1.82) is 0 Å². The van der Waals surface area contributed by atoms with Gasteiger partial charge in [-0.3, -0.25) is 10.1 Å². The van der Waals surface area contributed by atoms with Crippen molar-refractivity contribution >= 4 is 5.97 Å². The highest BCUT2D eigenvalue weighted by atomic mass is 16.5. The number of hydrogen-bond donors (Lipinski definition) is 2. The summed E-state index contributed by atoms with van der Waals surface area (Å²) in [5.41, 5.74) is 1.54. The molecule has 0 unspecified atom stereocenters. The monoisotopic (exact) mass is 395 g/mol. The third-order valence-electron chi connectivity index (χ3n) is 4.43. The van der Waals surface area contributed by atoms with Crippen LogP contribution in [0.4, 0.5) is 0 Å². The highest BCUT2D eigenvalue weighted by Crippen LogP contribution is 2.21. The fourth-order valence-corrected chi connectivity index (χ4v) is 2.75. The summed E-state index contributed by atoms with van der Waals surface area (Å²) in [5.74, 6) is 0.307. The summed E-state index contributed by atoms with van der Waals surface area (Å²) in [6.45, 7) is 3.68.